The molecule has 0 aliphatic heterocycles. The molecule has 2 heterocycles. The van der Waals surface area contributed by atoms with Gasteiger partial charge in [-0.1, -0.05) is 25.4 Å². The summed E-state index contributed by atoms with van der Waals surface area (Å²) in [6.07, 6.45) is 3.32. The smallest absolute Gasteiger partial charge is 0.154 e. The summed E-state index contributed by atoms with van der Waals surface area (Å²) in [4.78, 5) is 4.27. The fourth-order valence-electron chi connectivity index (χ4n) is 1.80. The molecule has 0 radical (unpaired) electrons. The van der Waals surface area contributed by atoms with Crippen LogP contribution in [0.1, 0.15) is 30.8 Å². The van der Waals surface area contributed by atoms with E-state index in [1.807, 2.05) is 4.68 Å². The molecule has 0 spiro atoms. The van der Waals surface area contributed by atoms with Gasteiger partial charge in [0.15, 0.2) is 5.82 Å². The fraction of sp³-hybridized carbons (Fsp3) is 0.385. The van der Waals surface area contributed by atoms with Gasteiger partial charge in [-0.15, -0.1) is 0 Å². The van der Waals surface area contributed by atoms with E-state index < -0.39 is 0 Å². The van der Waals surface area contributed by atoms with E-state index in [4.69, 9.17) is 11.6 Å². The highest BCUT2D eigenvalue weighted by Crippen LogP contribution is 2.19. The lowest BCUT2D eigenvalue weighted by Crippen LogP contribution is -2.05. The van der Waals surface area contributed by atoms with Gasteiger partial charge in [0.2, 0.25) is 0 Å². The Morgan fingerprint density at radius 3 is 2.67 bits per heavy atom. The molecule has 0 atom stereocenters. The van der Waals surface area contributed by atoms with Gasteiger partial charge in [0.05, 0.1) is 17.3 Å². The minimum Gasteiger partial charge on any atom is -0.392 e. The Labute approximate surface area is 111 Å². The van der Waals surface area contributed by atoms with Crippen molar-refractivity contribution >= 4 is 11.6 Å². The van der Waals surface area contributed by atoms with Crippen molar-refractivity contribution in [2.45, 2.75) is 33.3 Å². The molecule has 1 N–H and O–H groups in total. The Balaban J connectivity index is 2.50. The van der Waals surface area contributed by atoms with Gasteiger partial charge in [-0.05, 0) is 25.0 Å². The highest BCUT2D eigenvalue weighted by molar-refractivity contribution is 6.31. The van der Waals surface area contributed by atoms with Gasteiger partial charge in [-0.3, -0.25) is 0 Å². The van der Waals surface area contributed by atoms with Crippen LogP contribution in [0.5, 0.6) is 0 Å². The third-order valence-corrected chi connectivity index (χ3v) is 3.21. The second-order valence-corrected chi connectivity index (χ2v) is 4.45. The zero-order valence-electron chi connectivity index (χ0n) is 10.5. The molecular weight excluding hydrogens is 250 g/mol. The van der Waals surface area contributed by atoms with Crippen molar-refractivity contribution in [1.82, 2.24) is 14.8 Å². The van der Waals surface area contributed by atoms with E-state index in [1.165, 1.54) is 0 Å². The number of halogens is 1. The van der Waals surface area contributed by atoms with Crippen LogP contribution in [0, 0.1) is 0 Å². The van der Waals surface area contributed by atoms with Gasteiger partial charge in [0.25, 0.3) is 0 Å². The first-order chi connectivity index (χ1) is 8.69. The molecule has 0 amide bonds. The summed E-state index contributed by atoms with van der Waals surface area (Å²) in [6, 6.07) is 3.85. The van der Waals surface area contributed by atoms with Crippen molar-refractivity contribution in [1.29, 1.82) is 0 Å². The summed E-state index contributed by atoms with van der Waals surface area (Å²) in [5.41, 5.74) is 2.80. The third kappa shape index (κ3) is 2.40. The van der Waals surface area contributed by atoms with Crippen molar-refractivity contribution in [2.75, 3.05) is 0 Å². The molecule has 0 saturated heterocycles. The number of aromatic nitrogens is 3. The summed E-state index contributed by atoms with van der Waals surface area (Å²) in [6.45, 7) is 4.05. The number of pyridine rings is 1. The molecule has 2 aromatic rings. The Bertz CT molecular complexity index is 551. The van der Waals surface area contributed by atoms with Crippen LogP contribution in [0.25, 0.3) is 5.82 Å². The van der Waals surface area contributed by atoms with Crippen LogP contribution in [0.2, 0.25) is 5.02 Å². The van der Waals surface area contributed by atoms with Crippen LogP contribution in [-0.4, -0.2) is 19.9 Å². The van der Waals surface area contributed by atoms with Gasteiger partial charge in [-0.25, -0.2) is 9.67 Å². The SMILES string of the molecule is CCc1cc(CC)n(-c2cc(CO)c(Cl)cn2)n1. The summed E-state index contributed by atoms with van der Waals surface area (Å²) >= 11 is 5.94. The average Bonchev–Trinajstić information content (AvgIpc) is 2.82. The van der Waals surface area contributed by atoms with Crippen molar-refractivity contribution in [2.24, 2.45) is 0 Å². The maximum Gasteiger partial charge on any atom is 0.154 e. The second kappa shape index (κ2) is 5.50. The van der Waals surface area contributed by atoms with E-state index in [0.29, 0.717) is 16.4 Å². The van der Waals surface area contributed by atoms with Gasteiger partial charge >= 0.3 is 0 Å². The fourth-order valence-corrected chi connectivity index (χ4v) is 1.97. The molecule has 0 unspecified atom stereocenters. The number of aliphatic hydroxyl groups is 1. The van der Waals surface area contributed by atoms with Crippen LogP contribution in [0.15, 0.2) is 18.3 Å². The zero-order chi connectivity index (χ0) is 13.1. The largest absolute Gasteiger partial charge is 0.392 e. The van der Waals surface area contributed by atoms with Crippen LogP contribution in [0.4, 0.5) is 0 Å². The lowest BCUT2D eigenvalue weighted by molar-refractivity contribution is 0.281. The van der Waals surface area contributed by atoms with Crippen LogP contribution >= 0.6 is 11.6 Å². The predicted molar refractivity (Wildman–Crippen MR) is 71.0 cm³/mol. The summed E-state index contributed by atoms with van der Waals surface area (Å²) in [5.74, 6) is 0.694. The predicted octanol–water partition coefficient (Wildman–Crippen LogP) is 2.54. The molecule has 0 aromatic carbocycles. The van der Waals surface area contributed by atoms with E-state index in [2.05, 4.69) is 30.0 Å². The van der Waals surface area contributed by atoms with Crippen LogP contribution in [0.3, 0.4) is 0 Å². The van der Waals surface area contributed by atoms with Gasteiger partial charge in [0, 0.05) is 17.5 Å². The molecule has 96 valence electrons. The summed E-state index contributed by atoms with van der Waals surface area (Å²) in [5, 5.41) is 14.2. The van der Waals surface area contributed by atoms with Gasteiger partial charge < -0.3 is 5.11 Å². The van der Waals surface area contributed by atoms with Crippen LogP contribution in [-0.2, 0) is 19.4 Å². The number of hydrogen-bond donors (Lipinski definition) is 1. The molecule has 18 heavy (non-hydrogen) atoms. The Morgan fingerprint density at radius 1 is 1.28 bits per heavy atom. The van der Waals surface area contributed by atoms with E-state index in [9.17, 15) is 5.11 Å². The molecule has 4 nitrogen and oxygen atoms in total. The van der Waals surface area contributed by atoms with Crippen molar-refractivity contribution in [3.05, 3.63) is 40.3 Å². The normalized spacial score (nSPS) is 10.9. The Kier molecular flexibility index (Phi) is 3.99. The van der Waals surface area contributed by atoms with Crippen molar-refractivity contribution in [3.63, 3.8) is 0 Å². The van der Waals surface area contributed by atoms with Crippen molar-refractivity contribution in [3.8, 4) is 5.82 Å². The second-order valence-electron chi connectivity index (χ2n) is 4.04. The first kappa shape index (κ1) is 13.1. The number of nitrogens with zero attached hydrogens (tertiary/aromatic N) is 3. The van der Waals surface area contributed by atoms with E-state index in [-0.39, 0.29) is 6.61 Å². The average molecular weight is 266 g/mol. The molecule has 0 saturated carbocycles. The molecule has 2 aromatic heterocycles. The standard InChI is InChI=1S/C13H16ClN3O/c1-3-10-6-11(4-2)17(16-10)13-5-9(8-18)12(14)7-15-13/h5-7,18H,3-4,8H2,1-2H3. The molecule has 2 rings (SSSR count). The lowest BCUT2D eigenvalue weighted by atomic mass is 10.2. The number of rotatable bonds is 4. The highest BCUT2D eigenvalue weighted by atomic mass is 35.5. The lowest BCUT2D eigenvalue weighted by Gasteiger charge is -2.07. The molecular formula is C13H16ClN3O. The molecule has 0 aliphatic carbocycles. The Hall–Kier alpha value is -1.39. The summed E-state index contributed by atoms with van der Waals surface area (Å²) in [7, 11) is 0. The first-order valence-corrected chi connectivity index (χ1v) is 6.40. The monoisotopic (exact) mass is 265 g/mol. The number of aliphatic hydroxyl groups excluding tert-OH is 1. The quantitative estimate of drug-likeness (QED) is 0.924. The molecule has 5 heteroatoms. The van der Waals surface area contributed by atoms with Crippen LogP contribution < -0.4 is 0 Å². The van der Waals surface area contributed by atoms with Gasteiger partial charge in [-0.2, -0.15) is 5.10 Å². The maximum atomic E-state index is 9.23. The summed E-state index contributed by atoms with van der Waals surface area (Å²) < 4.78 is 1.81. The number of hydrogen-bond acceptors (Lipinski definition) is 3. The molecule has 0 fully saturated rings. The minimum absolute atomic E-state index is 0.0995. The van der Waals surface area contributed by atoms with Gasteiger partial charge in [0.1, 0.15) is 0 Å². The van der Waals surface area contributed by atoms with E-state index in [0.717, 1.165) is 24.2 Å². The first-order valence-electron chi connectivity index (χ1n) is 6.03. The highest BCUT2D eigenvalue weighted by Gasteiger charge is 2.10. The molecule has 0 aliphatic rings. The number of aryl methyl sites for hydroxylation is 2. The minimum atomic E-state index is -0.0995. The Morgan fingerprint density at radius 2 is 2.06 bits per heavy atom. The van der Waals surface area contributed by atoms with E-state index in [1.54, 1.807) is 12.3 Å². The van der Waals surface area contributed by atoms with E-state index >= 15 is 0 Å². The topological polar surface area (TPSA) is 50.9 Å². The maximum absolute atomic E-state index is 9.23. The zero-order valence-corrected chi connectivity index (χ0v) is 11.3. The molecule has 0 bridgehead atoms. The van der Waals surface area contributed by atoms with Crippen molar-refractivity contribution < 1.29 is 5.11 Å². The third-order valence-electron chi connectivity index (χ3n) is 2.87.